The van der Waals surface area contributed by atoms with E-state index in [1.54, 1.807) is 14.2 Å². The van der Waals surface area contributed by atoms with Crippen LogP contribution in [0.2, 0.25) is 0 Å². The lowest BCUT2D eigenvalue weighted by atomic mass is 10.1. The van der Waals surface area contributed by atoms with Gasteiger partial charge in [-0.2, -0.15) is 0 Å². The molecule has 0 aliphatic heterocycles. The van der Waals surface area contributed by atoms with E-state index in [4.69, 9.17) is 9.47 Å². The summed E-state index contributed by atoms with van der Waals surface area (Å²) >= 11 is 0. The molecular formula is C14H23NO5S. The Morgan fingerprint density at radius 1 is 1.14 bits per heavy atom. The molecule has 0 saturated heterocycles. The molecule has 1 aromatic carbocycles. The Kier molecular flexibility index (Phi) is 5.61. The van der Waals surface area contributed by atoms with Gasteiger partial charge in [-0.05, 0) is 13.0 Å². The van der Waals surface area contributed by atoms with Gasteiger partial charge in [-0.25, -0.2) is 8.42 Å². The van der Waals surface area contributed by atoms with Gasteiger partial charge in [0.2, 0.25) is 0 Å². The van der Waals surface area contributed by atoms with Gasteiger partial charge >= 0.3 is 0 Å². The molecule has 0 unspecified atom stereocenters. The number of aryl methyl sites for hydroxylation is 1. The highest BCUT2D eigenvalue weighted by atomic mass is 32.2. The van der Waals surface area contributed by atoms with Crippen LogP contribution >= 0.6 is 0 Å². The van der Waals surface area contributed by atoms with Crippen molar-refractivity contribution in [3.8, 4) is 11.5 Å². The minimum absolute atomic E-state index is 0.312. The summed E-state index contributed by atoms with van der Waals surface area (Å²) in [4.78, 5) is 0. The summed E-state index contributed by atoms with van der Waals surface area (Å²) in [5.41, 5.74) is 2.01. The van der Waals surface area contributed by atoms with E-state index in [1.807, 2.05) is 33.2 Å². The lowest BCUT2D eigenvalue weighted by molar-refractivity contribution is 0.349. The van der Waals surface area contributed by atoms with Crippen molar-refractivity contribution in [2.45, 2.75) is 13.3 Å². The summed E-state index contributed by atoms with van der Waals surface area (Å²) < 4.78 is 43.1. The lowest BCUT2D eigenvalue weighted by Crippen LogP contribution is -2.42. The third-order valence-electron chi connectivity index (χ3n) is 3.47. The van der Waals surface area contributed by atoms with Crippen LogP contribution in [0.25, 0.3) is 0 Å². The molecule has 21 heavy (non-hydrogen) atoms. The average Bonchev–Trinajstić information content (AvgIpc) is 2.36. The second-order valence-corrected chi connectivity index (χ2v) is 7.04. The van der Waals surface area contributed by atoms with E-state index in [0.717, 1.165) is 11.3 Å². The summed E-state index contributed by atoms with van der Waals surface area (Å²) in [7, 11) is 2.91. The van der Waals surface area contributed by atoms with Gasteiger partial charge in [0.05, 0.1) is 45.0 Å². The van der Waals surface area contributed by atoms with E-state index in [2.05, 4.69) is 0 Å². The van der Waals surface area contributed by atoms with E-state index in [0.29, 0.717) is 28.9 Å². The van der Waals surface area contributed by atoms with Gasteiger partial charge in [-0.15, -0.1) is 0 Å². The Balaban J connectivity index is 3.01. The zero-order valence-electron chi connectivity index (χ0n) is 13.2. The average molecular weight is 317 g/mol. The maximum atomic E-state index is 10.7. The normalized spacial score (nSPS) is 12.3. The Morgan fingerprint density at radius 3 is 2.14 bits per heavy atom. The molecule has 0 heterocycles. The topological polar surface area (TPSA) is 75.7 Å². The first-order chi connectivity index (χ1) is 9.60. The summed E-state index contributed by atoms with van der Waals surface area (Å²) in [6.07, 6.45) is 0.312. The van der Waals surface area contributed by atoms with Crippen LogP contribution in [0.5, 0.6) is 11.5 Å². The summed E-state index contributed by atoms with van der Waals surface area (Å²) in [5, 5.41) is 0. The van der Waals surface area contributed by atoms with Gasteiger partial charge in [0, 0.05) is 23.8 Å². The molecule has 0 aliphatic carbocycles. The highest BCUT2D eigenvalue weighted by Gasteiger charge is 2.24. The molecule has 1 aromatic rings. The van der Waals surface area contributed by atoms with E-state index >= 15 is 0 Å². The number of hydrogen-bond donors (Lipinski definition) is 0. The maximum Gasteiger partial charge on any atom is 0.166 e. The highest BCUT2D eigenvalue weighted by molar-refractivity contribution is 7.85. The highest BCUT2D eigenvalue weighted by Crippen LogP contribution is 2.36. The van der Waals surface area contributed by atoms with Gasteiger partial charge in [-0.1, -0.05) is 0 Å². The minimum Gasteiger partial charge on any atom is -0.748 e. The number of nitrogens with zero attached hydrogens (tertiary/aromatic N) is 1. The fourth-order valence-electron chi connectivity index (χ4n) is 2.38. The number of rotatable bonds is 7. The number of quaternary nitrogens is 1. The van der Waals surface area contributed by atoms with Gasteiger partial charge in [-0.3, -0.25) is 4.48 Å². The van der Waals surface area contributed by atoms with Crippen molar-refractivity contribution < 1.29 is 22.4 Å². The smallest absolute Gasteiger partial charge is 0.166 e. The van der Waals surface area contributed by atoms with Gasteiger partial charge in [0.25, 0.3) is 0 Å². The van der Waals surface area contributed by atoms with Crippen LogP contribution in [-0.2, 0) is 10.1 Å². The van der Waals surface area contributed by atoms with E-state index < -0.39 is 10.1 Å². The van der Waals surface area contributed by atoms with Crippen molar-refractivity contribution in [1.82, 2.24) is 4.48 Å². The number of hydrogen-bond acceptors (Lipinski definition) is 5. The summed E-state index contributed by atoms with van der Waals surface area (Å²) in [6, 6.07) is 3.78. The zero-order valence-corrected chi connectivity index (χ0v) is 14.0. The predicted molar refractivity (Wildman–Crippen MR) is 82.0 cm³/mol. The van der Waals surface area contributed by atoms with Gasteiger partial charge < -0.3 is 14.0 Å². The van der Waals surface area contributed by atoms with Crippen molar-refractivity contribution >= 4 is 15.8 Å². The van der Waals surface area contributed by atoms with E-state index in [9.17, 15) is 13.0 Å². The van der Waals surface area contributed by atoms with Crippen LogP contribution in [0.15, 0.2) is 12.1 Å². The Bertz CT molecular complexity index is 596. The van der Waals surface area contributed by atoms with Crippen molar-refractivity contribution in [1.29, 1.82) is 0 Å². The molecule has 0 aromatic heterocycles. The molecule has 120 valence electrons. The molecule has 0 saturated carbocycles. The van der Waals surface area contributed by atoms with Crippen molar-refractivity contribution in [3.63, 3.8) is 0 Å². The van der Waals surface area contributed by atoms with Crippen LogP contribution in [0, 0.1) is 6.92 Å². The summed E-state index contributed by atoms with van der Waals surface area (Å²) in [5.74, 6) is 0.933. The minimum atomic E-state index is -4.17. The molecule has 0 radical (unpaired) electrons. The third-order valence-corrected chi connectivity index (χ3v) is 4.25. The van der Waals surface area contributed by atoms with Crippen LogP contribution < -0.4 is 14.0 Å². The quantitative estimate of drug-likeness (QED) is 0.563. The fourth-order valence-corrected chi connectivity index (χ4v) is 2.86. The molecule has 0 fully saturated rings. The molecule has 6 nitrogen and oxygen atoms in total. The number of ether oxygens (including phenoxy) is 2. The van der Waals surface area contributed by atoms with Crippen molar-refractivity contribution in [2.75, 3.05) is 40.6 Å². The van der Waals surface area contributed by atoms with Crippen LogP contribution in [-0.4, -0.2) is 53.6 Å². The molecule has 0 N–H and O–H groups in total. The van der Waals surface area contributed by atoms with Crippen LogP contribution in [0.4, 0.5) is 5.69 Å². The molecule has 0 aliphatic rings. The second-order valence-electron chi connectivity index (χ2n) is 5.52. The molecular weight excluding hydrogens is 294 g/mol. The van der Waals surface area contributed by atoms with E-state index in [1.165, 1.54) is 0 Å². The standard InChI is InChI=1S/C14H23NO5S/c1-11-9-13(19-4)14(20-5)10-12(11)15(2,3)7-6-8-21(16,17)18/h9-10H,6-8H2,1-5H3. The molecule has 0 bridgehead atoms. The first-order valence-corrected chi connectivity index (χ1v) is 8.18. The van der Waals surface area contributed by atoms with Gasteiger partial charge in [0.1, 0.15) is 5.69 Å². The van der Waals surface area contributed by atoms with Crippen molar-refractivity contribution in [3.05, 3.63) is 17.7 Å². The maximum absolute atomic E-state index is 10.7. The SMILES string of the molecule is COc1cc(C)c([N+](C)(C)CCCS(=O)(=O)[O-])cc1OC. The molecule has 0 spiro atoms. The van der Waals surface area contributed by atoms with Gasteiger partial charge in [0.15, 0.2) is 11.5 Å². The lowest BCUT2D eigenvalue weighted by Gasteiger charge is -2.31. The Labute approximate surface area is 126 Å². The second kappa shape index (κ2) is 6.64. The predicted octanol–water partition coefficient (Wildman–Crippen LogP) is 1.51. The number of methoxy groups -OCH3 is 2. The first-order valence-electron chi connectivity index (χ1n) is 6.60. The third kappa shape index (κ3) is 4.87. The fraction of sp³-hybridized carbons (Fsp3) is 0.571. The van der Waals surface area contributed by atoms with E-state index in [-0.39, 0.29) is 5.75 Å². The Morgan fingerprint density at radius 2 is 1.67 bits per heavy atom. The first kappa shape index (κ1) is 17.7. The molecule has 0 amide bonds. The van der Waals surface area contributed by atoms with Crippen LogP contribution in [0.1, 0.15) is 12.0 Å². The molecule has 1 rings (SSSR count). The molecule has 7 heteroatoms. The Hall–Kier alpha value is -1.31. The zero-order chi connectivity index (χ0) is 16.3. The largest absolute Gasteiger partial charge is 0.748 e. The summed E-state index contributed by atoms with van der Waals surface area (Å²) in [6.45, 7) is 2.50. The van der Waals surface area contributed by atoms with Crippen LogP contribution in [0.3, 0.4) is 0 Å². The number of benzene rings is 1. The molecule has 0 atom stereocenters. The monoisotopic (exact) mass is 317 g/mol. The van der Waals surface area contributed by atoms with Crippen molar-refractivity contribution in [2.24, 2.45) is 0 Å².